The summed E-state index contributed by atoms with van der Waals surface area (Å²) in [5, 5.41) is 3.59. The van der Waals surface area contributed by atoms with Gasteiger partial charge in [0.2, 0.25) is 0 Å². The molecular formula is C15H32N2. The fraction of sp³-hybridized carbons (Fsp3) is 1.00. The summed E-state index contributed by atoms with van der Waals surface area (Å²) in [7, 11) is 0. The third-order valence-corrected chi connectivity index (χ3v) is 3.90. The number of hydrogen-bond donors (Lipinski definition) is 1. The molecule has 1 heterocycles. The molecule has 0 bridgehead atoms. The summed E-state index contributed by atoms with van der Waals surface area (Å²) < 4.78 is 0. The first-order valence-corrected chi connectivity index (χ1v) is 7.32. The van der Waals surface area contributed by atoms with E-state index in [1.807, 2.05) is 0 Å². The van der Waals surface area contributed by atoms with Crippen LogP contribution in [0.2, 0.25) is 0 Å². The van der Waals surface area contributed by atoms with Crippen molar-refractivity contribution in [3.8, 4) is 0 Å². The van der Waals surface area contributed by atoms with Gasteiger partial charge in [0.05, 0.1) is 0 Å². The summed E-state index contributed by atoms with van der Waals surface area (Å²) in [6, 6.07) is 1.54. The monoisotopic (exact) mass is 240 g/mol. The standard InChI is InChI=1S/C15H32N2/c1-12(2)14-8-7-11-17(14)13(3)9-10-16-15(4,5)6/h12-14,16H,7-11H2,1-6H3. The molecule has 0 aromatic rings. The molecule has 0 saturated carbocycles. The number of hydrogen-bond acceptors (Lipinski definition) is 2. The smallest absolute Gasteiger partial charge is 0.0121 e. The summed E-state index contributed by atoms with van der Waals surface area (Å²) in [6.07, 6.45) is 4.05. The summed E-state index contributed by atoms with van der Waals surface area (Å²) in [5.41, 5.74) is 0.252. The third kappa shape index (κ3) is 4.97. The Morgan fingerprint density at radius 2 is 1.88 bits per heavy atom. The van der Waals surface area contributed by atoms with Crippen LogP contribution in [0.3, 0.4) is 0 Å². The van der Waals surface area contributed by atoms with E-state index in [-0.39, 0.29) is 5.54 Å². The van der Waals surface area contributed by atoms with E-state index >= 15 is 0 Å². The quantitative estimate of drug-likeness (QED) is 0.793. The van der Waals surface area contributed by atoms with E-state index in [4.69, 9.17) is 0 Å². The van der Waals surface area contributed by atoms with Crippen LogP contribution in [0.15, 0.2) is 0 Å². The average Bonchev–Trinajstić information content (AvgIpc) is 2.63. The molecule has 1 rings (SSSR count). The zero-order valence-corrected chi connectivity index (χ0v) is 12.7. The highest BCUT2D eigenvalue weighted by molar-refractivity contribution is 4.85. The van der Waals surface area contributed by atoms with Crippen molar-refractivity contribution in [2.75, 3.05) is 13.1 Å². The fourth-order valence-electron chi connectivity index (χ4n) is 2.90. The maximum atomic E-state index is 3.59. The van der Waals surface area contributed by atoms with E-state index in [9.17, 15) is 0 Å². The van der Waals surface area contributed by atoms with Gasteiger partial charge in [0.15, 0.2) is 0 Å². The number of nitrogens with zero attached hydrogens (tertiary/aromatic N) is 1. The van der Waals surface area contributed by atoms with Crippen LogP contribution in [0, 0.1) is 5.92 Å². The second-order valence-corrected chi connectivity index (χ2v) is 7.01. The fourth-order valence-corrected chi connectivity index (χ4v) is 2.90. The first-order chi connectivity index (χ1) is 7.81. The lowest BCUT2D eigenvalue weighted by Crippen LogP contribution is -2.43. The average molecular weight is 240 g/mol. The van der Waals surface area contributed by atoms with Gasteiger partial charge in [-0.25, -0.2) is 0 Å². The van der Waals surface area contributed by atoms with E-state index in [0.717, 1.165) is 24.5 Å². The van der Waals surface area contributed by atoms with Crippen molar-refractivity contribution in [1.29, 1.82) is 0 Å². The predicted molar refractivity (Wildman–Crippen MR) is 76.4 cm³/mol. The van der Waals surface area contributed by atoms with Crippen LogP contribution in [0.1, 0.15) is 60.8 Å². The summed E-state index contributed by atoms with van der Waals surface area (Å²) in [5.74, 6) is 0.801. The highest BCUT2D eigenvalue weighted by Crippen LogP contribution is 2.26. The van der Waals surface area contributed by atoms with Gasteiger partial charge < -0.3 is 5.32 Å². The zero-order valence-electron chi connectivity index (χ0n) is 12.7. The molecular weight excluding hydrogens is 208 g/mol. The van der Waals surface area contributed by atoms with Crippen molar-refractivity contribution < 1.29 is 0 Å². The molecule has 1 aliphatic heterocycles. The van der Waals surface area contributed by atoms with Gasteiger partial charge in [0.1, 0.15) is 0 Å². The van der Waals surface area contributed by atoms with Gasteiger partial charge in [-0.05, 0) is 66.0 Å². The second kappa shape index (κ2) is 6.19. The Kier molecular flexibility index (Phi) is 5.46. The summed E-state index contributed by atoms with van der Waals surface area (Å²) in [6.45, 7) is 16.3. The molecule has 2 atom stereocenters. The first kappa shape index (κ1) is 15.0. The lowest BCUT2D eigenvalue weighted by molar-refractivity contribution is 0.147. The van der Waals surface area contributed by atoms with Crippen LogP contribution < -0.4 is 5.32 Å². The Morgan fingerprint density at radius 3 is 2.41 bits per heavy atom. The molecule has 2 unspecified atom stereocenters. The minimum atomic E-state index is 0.252. The normalized spacial score (nSPS) is 24.5. The molecule has 17 heavy (non-hydrogen) atoms. The first-order valence-electron chi connectivity index (χ1n) is 7.32. The third-order valence-electron chi connectivity index (χ3n) is 3.90. The van der Waals surface area contributed by atoms with Gasteiger partial charge in [-0.15, -0.1) is 0 Å². The summed E-state index contributed by atoms with van der Waals surface area (Å²) in [4.78, 5) is 2.73. The van der Waals surface area contributed by atoms with Crippen LogP contribution in [-0.2, 0) is 0 Å². The lowest BCUT2D eigenvalue weighted by atomic mass is 10.0. The number of rotatable bonds is 5. The van der Waals surface area contributed by atoms with Gasteiger partial charge in [0.25, 0.3) is 0 Å². The Bertz CT molecular complexity index is 217. The maximum Gasteiger partial charge on any atom is 0.0121 e. The van der Waals surface area contributed by atoms with Crippen LogP contribution in [0.5, 0.6) is 0 Å². The van der Waals surface area contributed by atoms with Crippen LogP contribution in [0.25, 0.3) is 0 Å². The molecule has 2 nitrogen and oxygen atoms in total. The molecule has 1 fully saturated rings. The van der Waals surface area contributed by atoms with E-state index in [1.165, 1.54) is 25.8 Å². The largest absolute Gasteiger partial charge is 0.312 e. The van der Waals surface area contributed by atoms with Gasteiger partial charge >= 0.3 is 0 Å². The zero-order chi connectivity index (χ0) is 13.1. The van der Waals surface area contributed by atoms with Crippen molar-refractivity contribution in [1.82, 2.24) is 10.2 Å². The van der Waals surface area contributed by atoms with Crippen molar-refractivity contribution in [3.63, 3.8) is 0 Å². The van der Waals surface area contributed by atoms with Gasteiger partial charge in [-0.2, -0.15) is 0 Å². The molecule has 0 aromatic heterocycles. The van der Waals surface area contributed by atoms with Crippen LogP contribution in [-0.4, -0.2) is 35.6 Å². The molecule has 0 radical (unpaired) electrons. The summed E-state index contributed by atoms with van der Waals surface area (Å²) >= 11 is 0. The molecule has 0 spiro atoms. The number of likely N-dealkylation sites (tertiary alicyclic amines) is 1. The van der Waals surface area contributed by atoms with Crippen molar-refractivity contribution in [2.24, 2.45) is 5.92 Å². The maximum absolute atomic E-state index is 3.59. The van der Waals surface area contributed by atoms with E-state index < -0.39 is 0 Å². The topological polar surface area (TPSA) is 15.3 Å². The Hall–Kier alpha value is -0.0800. The van der Waals surface area contributed by atoms with E-state index in [1.54, 1.807) is 0 Å². The predicted octanol–water partition coefficient (Wildman–Crippen LogP) is 3.27. The van der Waals surface area contributed by atoms with Crippen molar-refractivity contribution >= 4 is 0 Å². The Morgan fingerprint density at radius 1 is 1.24 bits per heavy atom. The van der Waals surface area contributed by atoms with Gasteiger partial charge in [-0.1, -0.05) is 13.8 Å². The highest BCUT2D eigenvalue weighted by atomic mass is 15.2. The molecule has 0 amide bonds. The minimum Gasteiger partial charge on any atom is -0.312 e. The lowest BCUT2D eigenvalue weighted by Gasteiger charge is -2.34. The van der Waals surface area contributed by atoms with Crippen molar-refractivity contribution in [2.45, 2.75) is 78.4 Å². The molecule has 0 aromatic carbocycles. The van der Waals surface area contributed by atoms with Gasteiger partial charge in [0, 0.05) is 17.6 Å². The molecule has 0 aliphatic carbocycles. The molecule has 1 aliphatic rings. The molecule has 1 N–H and O–H groups in total. The highest BCUT2D eigenvalue weighted by Gasteiger charge is 2.30. The van der Waals surface area contributed by atoms with E-state index in [2.05, 4.69) is 51.8 Å². The molecule has 102 valence electrons. The Balaban J connectivity index is 2.34. The second-order valence-electron chi connectivity index (χ2n) is 7.01. The number of nitrogens with one attached hydrogen (secondary N) is 1. The van der Waals surface area contributed by atoms with Crippen molar-refractivity contribution in [3.05, 3.63) is 0 Å². The minimum absolute atomic E-state index is 0.252. The van der Waals surface area contributed by atoms with Crippen LogP contribution >= 0.6 is 0 Å². The van der Waals surface area contributed by atoms with Gasteiger partial charge in [-0.3, -0.25) is 4.90 Å². The van der Waals surface area contributed by atoms with E-state index in [0.29, 0.717) is 0 Å². The Labute approximate surface area is 108 Å². The molecule has 2 heteroatoms. The molecule has 1 saturated heterocycles. The van der Waals surface area contributed by atoms with Crippen LogP contribution in [0.4, 0.5) is 0 Å². The SMILES string of the molecule is CC(C)C1CCCN1C(C)CCNC(C)(C)C.